The first kappa shape index (κ1) is 29.2. The van der Waals surface area contributed by atoms with E-state index in [1.165, 1.54) is 0 Å². The molecule has 3 aromatic carbocycles. The molecule has 7 heteroatoms. The molecule has 40 heavy (non-hydrogen) atoms. The van der Waals surface area contributed by atoms with Crippen LogP contribution in [0.4, 0.5) is 16.2 Å². The molecule has 2 amide bonds. The maximum absolute atomic E-state index is 12.9. The zero-order valence-corrected chi connectivity index (χ0v) is 24.0. The van der Waals surface area contributed by atoms with Gasteiger partial charge in [0, 0.05) is 56.2 Å². The highest BCUT2D eigenvalue weighted by atomic mass is 16.6. The van der Waals surface area contributed by atoms with E-state index in [1.54, 1.807) is 0 Å². The Balaban J connectivity index is 1.58. The number of piperazine rings is 1. The predicted molar refractivity (Wildman–Crippen MR) is 161 cm³/mol. The van der Waals surface area contributed by atoms with Gasteiger partial charge in [0.1, 0.15) is 0 Å². The number of nitrogens with one attached hydrogen (secondary N) is 1. The molecule has 1 N–H and O–H groups in total. The van der Waals surface area contributed by atoms with Crippen molar-refractivity contribution in [1.29, 1.82) is 0 Å². The number of para-hydroxylation sites is 1. The van der Waals surface area contributed by atoms with E-state index >= 15 is 0 Å². The van der Waals surface area contributed by atoms with Crippen molar-refractivity contribution in [3.63, 3.8) is 0 Å². The van der Waals surface area contributed by atoms with Crippen molar-refractivity contribution in [2.24, 2.45) is 0 Å². The first-order valence-corrected chi connectivity index (χ1v) is 14.5. The molecule has 7 nitrogen and oxygen atoms in total. The van der Waals surface area contributed by atoms with Crippen LogP contribution in [0.3, 0.4) is 0 Å². The van der Waals surface area contributed by atoms with Crippen molar-refractivity contribution in [3.8, 4) is 0 Å². The van der Waals surface area contributed by atoms with Crippen LogP contribution < -0.4 is 5.32 Å². The third-order valence-electron chi connectivity index (χ3n) is 7.45. The van der Waals surface area contributed by atoms with Gasteiger partial charge in [0.05, 0.1) is 12.6 Å². The Bertz CT molecular complexity index is 1220. The average Bonchev–Trinajstić information content (AvgIpc) is 2.99. The van der Waals surface area contributed by atoms with Crippen LogP contribution >= 0.6 is 0 Å². The number of carbonyl (C=O) groups excluding carboxylic acids is 2. The van der Waals surface area contributed by atoms with Crippen LogP contribution in [0.25, 0.3) is 0 Å². The van der Waals surface area contributed by atoms with Crippen LogP contribution in [-0.2, 0) is 4.74 Å². The number of anilines is 2. The summed E-state index contributed by atoms with van der Waals surface area (Å²) in [5, 5.41) is 3.51. The van der Waals surface area contributed by atoms with E-state index in [9.17, 15) is 9.59 Å². The van der Waals surface area contributed by atoms with Crippen molar-refractivity contribution >= 4 is 23.4 Å². The van der Waals surface area contributed by atoms with Crippen molar-refractivity contribution in [2.45, 2.75) is 39.7 Å². The van der Waals surface area contributed by atoms with Crippen LogP contribution in [0.5, 0.6) is 0 Å². The summed E-state index contributed by atoms with van der Waals surface area (Å²) in [5.74, 6) is 0.0531. The topological polar surface area (TPSA) is 65.1 Å². The monoisotopic (exact) mass is 542 g/mol. The van der Waals surface area contributed by atoms with Crippen LogP contribution in [0.2, 0.25) is 0 Å². The molecule has 1 aliphatic heterocycles. The van der Waals surface area contributed by atoms with Gasteiger partial charge >= 0.3 is 6.09 Å². The summed E-state index contributed by atoms with van der Waals surface area (Å²) in [6.45, 7) is 10.6. The smallest absolute Gasteiger partial charge is 0.409 e. The average molecular weight is 543 g/mol. The van der Waals surface area contributed by atoms with Gasteiger partial charge in [-0.1, -0.05) is 55.8 Å². The zero-order chi connectivity index (χ0) is 28.3. The Morgan fingerprint density at radius 2 is 1.50 bits per heavy atom. The van der Waals surface area contributed by atoms with E-state index in [0.29, 0.717) is 38.3 Å². The quantitative estimate of drug-likeness (QED) is 0.278. The number of nitrogens with zero attached hydrogens (tertiary/aromatic N) is 3. The van der Waals surface area contributed by atoms with Crippen LogP contribution in [-0.4, -0.2) is 72.6 Å². The Hall–Kier alpha value is -3.84. The lowest BCUT2D eigenvalue weighted by atomic mass is 9.94. The molecule has 1 unspecified atom stereocenters. The molecule has 1 saturated heterocycles. The van der Waals surface area contributed by atoms with Gasteiger partial charge in [-0.3, -0.25) is 9.69 Å². The molecule has 0 radical (unpaired) electrons. The second-order valence-electron chi connectivity index (χ2n) is 10.1. The number of hydrogen-bond donors (Lipinski definition) is 1. The fraction of sp³-hybridized carbons (Fsp3) is 0.394. The third kappa shape index (κ3) is 7.42. The van der Waals surface area contributed by atoms with Crippen molar-refractivity contribution < 1.29 is 14.3 Å². The van der Waals surface area contributed by atoms with Gasteiger partial charge < -0.3 is 19.9 Å². The van der Waals surface area contributed by atoms with Gasteiger partial charge in [-0.15, -0.1) is 0 Å². The summed E-state index contributed by atoms with van der Waals surface area (Å²) in [4.78, 5) is 31.5. The molecule has 1 heterocycles. The maximum atomic E-state index is 12.9. The van der Waals surface area contributed by atoms with E-state index in [1.807, 2.05) is 54.0 Å². The number of rotatable bonds is 11. The number of carbonyl (C=O) groups is 2. The number of amides is 2. The minimum absolute atomic E-state index is 0.0200. The van der Waals surface area contributed by atoms with Gasteiger partial charge in [-0.05, 0) is 67.8 Å². The summed E-state index contributed by atoms with van der Waals surface area (Å²) in [6, 6.07) is 26.6. The summed E-state index contributed by atoms with van der Waals surface area (Å²) < 4.78 is 5.46. The summed E-state index contributed by atoms with van der Waals surface area (Å²) in [6.07, 6.45) is 1.66. The number of ether oxygens (including phenoxy) is 1. The Morgan fingerprint density at radius 1 is 0.825 bits per heavy atom. The Kier molecular flexibility index (Phi) is 10.6. The van der Waals surface area contributed by atoms with Gasteiger partial charge in [0.15, 0.2) is 0 Å². The van der Waals surface area contributed by atoms with Gasteiger partial charge in [-0.2, -0.15) is 0 Å². The summed E-state index contributed by atoms with van der Waals surface area (Å²) in [7, 11) is 0. The molecule has 4 rings (SSSR count). The Morgan fingerprint density at radius 3 is 2.15 bits per heavy atom. The lowest BCUT2D eigenvalue weighted by molar-refractivity contribution is 0.0679. The standard InChI is InChI=1S/C33H42N4O3/c1-4-7-24-40-33(39)37-22-20-36(21-23-37)31(26-16-18-27(19-17-26)32(38)35(5-2)6-3)28-12-11-15-30(25-28)34-29-13-9-8-10-14-29/h8-19,25,31,34H,4-7,20-24H2,1-3H3. The van der Waals surface area contributed by atoms with Gasteiger partial charge in [0.25, 0.3) is 5.91 Å². The minimum Gasteiger partial charge on any atom is -0.449 e. The first-order chi connectivity index (χ1) is 19.5. The number of hydrogen-bond acceptors (Lipinski definition) is 5. The normalized spacial score (nSPS) is 14.4. The lowest BCUT2D eigenvalue weighted by Gasteiger charge is -2.39. The molecular weight excluding hydrogens is 500 g/mol. The Labute approximate surface area is 238 Å². The first-order valence-electron chi connectivity index (χ1n) is 14.5. The molecule has 1 fully saturated rings. The van der Waals surface area contributed by atoms with Gasteiger partial charge in [-0.25, -0.2) is 4.79 Å². The van der Waals surface area contributed by atoms with Crippen LogP contribution in [0, 0.1) is 0 Å². The molecule has 0 saturated carbocycles. The van der Waals surface area contributed by atoms with E-state index in [2.05, 4.69) is 65.7 Å². The molecule has 0 aliphatic carbocycles. The molecule has 0 spiro atoms. The summed E-state index contributed by atoms with van der Waals surface area (Å²) in [5.41, 5.74) is 5.02. The predicted octanol–water partition coefficient (Wildman–Crippen LogP) is 6.56. The molecule has 0 aromatic heterocycles. The fourth-order valence-corrected chi connectivity index (χ4v) is 5.15. The molecule has 1 aliphatic rings. The fourth-order valence-electron chi connectivity index (χ4n) is 5.15. The maximum Gasteiger partial charge on any atom is 0.409 e. The van der Waals surface area contributed by atoms with Crippen LogP contribution in [0.15, 0.2) is 78.9 Å². The van der Waals surface area contributed by atoms with E-state index in [0.717, 1.165) is 48.4 Å². The lowest BCUT2D eigenvalue weighted by Crippen LogP contribution is -2.50. The second-order valence-corrected chi connectivity index (χ2v) is 10.1. The summed E-state index contributed by atoms with van der Waals surface area (Å²) >= 11 is 0. The second kappa shape index (κ2) is 14.5. The van der Waals surface area contributed by atoms with E-state index in [-0.39, 0.29) is 18.0 Å². The highest BCUT2D eigenvalue weighted by Gasteiger charge is 2.29. The number of benzene rings is 3. The van der Waals surface area contributed by atoms with Crippen LogP contribution in [0.1, 0.15) is 61.1 Å². The minimum atomic E-state index is -0.224. The van der Waals surface area contributed by atoms with E-state index in [4.69, 9.17) is 4.74 Å². The van der Waals surface area contributed by atoms with Crippen molar-refractivity contribution in [2.75, 3.05) is 51.2 Å². The molecule has 212 valence electrons. The van der Waals surface area contributed by atoms with E-state index < -0.39 is 0 Å². The highest BCUT2D eigenvalue weighted by molar-refractivity contribution is 5.94. The molecule has 0 bridgehead atoms. The highest BCUT2D eigenvalue weighted by Crippen LogP contribution is 2.32. The molecular formula is C33H42N4O3. The zero-order valence-electron chi connectivity index (χ0n) is 24.0. The third-order valence-corrected chi connectivity index (χ3v) is 7.45. The van der Waals surface area contributed by atoms with Crippen molar-refractivity contribution in [1.82, 2.24) is 14.7 Å². The number of unbranched alkanes of at least 4 members (excludes halogenated alkanes) is 1. The van der Waals surface area contributed by atoms with Crippen molar-refractivity contribution in [3.05, 3.63) is 95.6 Å². The molecule has 1 atom stereocenters. The molecule has 3 aromatic rings. The largest absolute Gasteiger partial charge is 0.449 e. The SMILES string of the molecule is CCCCOC(=O)N1CCN(C(c2ccc(C(=O)N(CC)CC)cc2)c2cccc(Nc3ccccc3)c2)CC1. The van der Waals surface area contributed by atoms with Gasteiger partial charge in [0.2, 0.25) is 0 Å².